The molecule has 4 nitrogen and oxygen atoms in total. The molecule has 0 amide bonds. The fourth-order valence-corrected chi connectivity index (χ4v) is 2.16. The summed E-state index contributed by atoms with van der Waals surface area (Å²) in [4.78, 5) is 15.1. The normalized spacial score (nSPS) is 12.5. The van der Waals surface area contributed by atoms with E-state index in [1.54, 1.807) is 6.34 Å². The van der Waals surface area contributed by atoms with Crippen molar-refractivity contribution in [3.8, 4) is 0 Å². The molecule has 0 saturated heterocycles. The van der Waals surface area contributed by atoms with Gasteiger partial charge in [-0.15, -0.1) is 0 Å². The first-order chi connectivity index (χ1) is 8.25. The molecule has 4 heteroatoms. The molecule has 3 rings (SSSR count). The van der Waals surface area contributed by atoms with E-state index >= 15 is 0 Å². The molecule has 2 N–H and O–H groups in total. The van der Waals surface area contributed by atoms with Crippen LogP contribution in [-0.2, 0) is 11.2 Å². The van der Waals surface area contributed by atoms with Crippen LogP contribution in [0.4, 0.5) is 11.4 Å². The van der Waals surface area contributed by atoms with E-state index in [2.05, 4.69) is 10.3 Å². The zero-order chi connectivity index (χ0) is 11.8. The zero-order valence-electron chi connectivity index (χ0n) is 8.97. The number of hydrogen-bond donors (Lipinski definition) is 2. The molecule has 0 aromatic heterocycles. The monoisotopic (exact) mass is 226 g/mol. The van der Waals surface area contributed by atoms with Gasteiger partial charge in [0.25, 0.3) is 0 Å². The molecule has 1 heterocycles. The summed E-state index contributed by atoms with van der Waals surface area (Å²) in [5, 5.41) is 13.9. The number of carbonyl (C=O) groups is 1. The van der Waals surface area contributed by atoms with Crippen molar-refractivity contribution in [3.05, 3.63) is 35.9 Å². The van der Waals surface area contributed by atoms with Gasteiger partial charge in [-0.1, -0.05) is 18.2 Å². The molecule has 0 saturated carbocycles. The SMILES string of the molecule is O=C(O)Cc1ccc2c3c(cccc13)NC=N2. The van der Waals surface area contributed by atoms with Crippen molar-refractivity contribution in [1.82, 2.24) is 0 Å². The number of nitrogens with one attached hydrogen (secondary N) is 1. The minimum atomic E-state index is -0.821. The van der Waals surface area contributed by atoms with E-state index < -0.39 is 5.97 Å². The third-order valence-corrected chi connectivity index (χ3v) is 2.87. The number of carboxylic acid groups (broad SMARTS) is 1. The van der Waals surface area contributed by atoms with Crippen molar-refractivity contribution in [2.75, 3.05) is 5.32 Å². The fourth-order valence-electron chi connectivity index (χ4n) is 2.16. The van der Waals surface area contributed by atoms with E-state index in [1.807, 2.05) is 30.3 Å². The molecular weight excluding hydrogens is 216 g/mol. The summed E-state index contributed by atoms with van der Waals surface area (Å²) >= 11 is 0. The summed E-state index contributed by atoms with van der Waals surface area (Å²) in [6, 6.07) is 9.50. The molecule has 0 bridgehead atoms. The van der Waals surface area contributed by atoms with Crippen LogP contribution in [0, 0.1) is 0 Å². The Kier molecular flexibility index (Phi) is 2.08. The number of aliphatic imine (C=N–C) groups is 1. The molecule has 17 heavy (non-hydrogen) atoms. The van der Waals surface area contributed by atoms with Crippen LogP contribution in [0.25, 0.3) is 10.8 Å². The predicted octanol–water partition coefficient (Wildman–Crippen LogP) is 2.55. The molecule has 0 fully saturated rings. The lowest BCUT2D eigenvalue weighted by Gasteiger charge is -2.15. The average Bonchev–Trinajstić information content (AvgIpc) is 2.33. The van der Waals surface area contributed by atoms with Crippen molar-refractivity contribution in [2.45, 2.75) is 6.42 Å². The van der Waals surface area contributed by atoms with E-state index in [0.717, 1.165) is 27.7 Å². The minimum Gasteiger partial charge on any atom is -0.481 e. The average molecular weight is 226 g/mol. The highest BCUT2D eigenvalue weighted by molar-refractivity contribution is 6.09. The lowest BCUT2D eigenvalue weighted by Crippen LogP contribution is -2.03. The molecule has 0 unspecified atom stereocenters. The number of aliphatic carboxylic acids is 1. The largest absolute Gasteiger partial charge is 0.481 e. The lowest BCUT2D eigenvalue weighted by molar-refractivity contribution is -0.136. The maximum absolute atomic E-state index is 10.8. The van der Waals surface area contributed by atoms with Gasteiger partial charge in [0.2, 0.25) is 0 Å². The molecule has 84 valence electrons. The number of carboxylic acids is 1. The van der Waals surface area contributed by atoms with Crippen LogP contribution in [0.3, 0.4) is 0 Å². The topological polar surface area (TPSA) is 61.7 Å². The first kappa shape index (κ1) is 9.84. The van der Waals surface area contributed by atoms with Crippen molar-refractivity contribution in [2.24, 2.45) is 4.99 Å². The van der Waals surface area contributed by atoms with Crippen LogP contribution >= 0.6 is 0 Å². The second-order valence-corrected chi connectivity index (χ2v) is 3.94. The Morgan fingerprint density at radius 2 is 2.18 bits per heavy atom. The Balaban J connectivity index is 2.32. The van der Waals surface area contributed by atoms with Crippen LogP contribution in [0.5, 0.6) is 0 Å². The van der Waals surface area contributed by atoms with Gasteiger partial charge in [0.05, 0.1) is 18.4 Å². The summed E-state index contributed by atoms with van der Waals surface area (Å²) in [7, 11) is 0. The standard InChI is InChI=1S/C13H10N2O2/c16-12(17)6-8-4-5-11-13-9(8)2-1-3-10(13)14-7-15-11/h1-5,7H,6H2,(H,14,15)(H,16,17). The number of anilines is 1. The lowest BCUT2D eigenvalue weighted by atomic mass is 9.99. The van der Waals surface area contributed by atoms with Gasteiger partial charge in [0.1, 0.15) is 0 Å². The van der Waals surface area contributed by atoms with E-state index in [0.29, 0.717) is 0 Å². The van der Waals surface area contributed by atoms with Gasteiger partial charge in [-0.2, -0.15) is 0 Å². The molecule has 1 aliphatic rings. The quantitative estimate of drug-likeness (QED) is 0.827. The first-order valence-corrected chi connectivity index (χ1v) is 5.31. The molecule has 0 atom stereocenters. The molecule has 0 radical (unpaired) electrons. The number of rotatable bonds is 2. The van der Waals surface area contributed by atoms with E-state index in [1.165, 1.54) is 0 Å². The van der Waals surface area contributed by atoms with Gasteiger partial charge in [0, 0.05) is 11.1 Å². The molecular formula is C13H10N2O2. The van der Waals surface area contributed by atoms with Crippen molar-refractivity contribution in [3.63, 3.8) is 0 Å². The first-order valence-electron chi connectivity index (χ1n) is 5.31. The van der Waals surface area contributed by atoms with Crippen LogP contribution in [0.2, 0.25) is 0 Å². The maximum Gasteiger partial charge on any atom is 0.307 e. The van der Waals surface area contributed by atoms with E-state index in [9.17, 15) is 4.79 Å². The van der Waals surface area contributed by atoms with Crippen molar-refractivity contribution < 1.29 is 9.90 Å². The van der Waals surface area contributed by atoms with Gasteiger partial charge in [-0.25, -0.2) is 4.99 Å². The highest BCUT2D eigenvalue weighted by Gasteiger charge is 2.13. The van der Waals surface area contributed by atoms with Gasteiger partial charge in [0.15, 0.2) is 0 Å². The Labute approximate surface area is 97.6 Å². The van der Waals surface area contributed by atoms with Crippen LogP contribution in [0.15, 0.2) is 35.3 Å². The van der Waals surface area contributed by atoms with Gasteiger partial charge in [-0.05, 0) is 23.1 Å². The Bertz CT molecular complexity index is 647. The summed E-state index contributed by atoms with van der Waals surface area (Å²) in [5.74, 6) is -0.821. The van der Waals surface area contributed by atoms with Crippen LogP contribution in [0.1, 0.15) is 5.56 Å². The third-order valence-electron chi connectivity index (χ3n) is 2.87. The zero-order valence-corrected chi connectivity index (χ0v) is 8.97. The smallest absolute Gasteiger partial charge is 0.307 e. The highest BCUT2D eigenvalue weighted by atomic mass is 16.4. The van der Waals surface area contributed by atoms with E-state index in [-0.39, 0.29) is 6.42 Å². The number of nitrogens with zero attached hydrogens (tertiary/aromatic N) is 1. The Hall–Kier alpha value is -2.36. The van der Waals surface area contributed by atoms with Gasteiger partial charge < -0.3 is 10.4 Å². The second kappa shape index (κ2) is 3.59. The second-order valence-electron chi connectivity index (χ2n) is 3.94. The molecule has 0 spiro atoms. The Morgan fingerprint density at radius 3 is 3.00 bits per heavy atom. The maximum atomic E-state index is 10.8. The molecule has 1 aliphatic heterocycles. The van der Waals surface area contributed by atoms with Crippen LogP contribution < -0.4 is 5.32 Å². The van der Waals surface area contributed by atoms with Gasteiger partial charge >= 0.3 is 5.97 Å². The molecule has 2 aromatic rings. The number of benzene rings is 2. The fraction of sp³-hybridized carbons (Fsp3) is 0.0769. The molecule has 0 aliphatic carbocycles. The van der Waals surface area contributed by atoms with Crippen LogP contribution in [-0.4, -0.2) is 17.4 Å². The predicted molar refractivity (Wildman–Crippen MR) is 67.1 cm³/mol. The van der Waals surface area contributed by atoms with Gasteiger partial charge in [-0.3, -0.25) is 4.79 Å². The van der Waals surface area contributed by atoms with E-state index in [4.69, 9.17) is 5.11 Å². The summed E-state index contributed by atoms with van der Waals surface area (Å²) in [5.41, 5.74) is 2.67. The molecule has 2 aromatic carbocycles. The minimum absolute atomic E-state index is 0.0317. The van der Waals surface area contributed by atoms with Crippen molar-refractivity contribution >= 4 is 34.5 Å². The summed E-state index contributed by atoms with van der Waals surface area (Å²) in [6.07, 6.45) is 1.68. The Morgan fingerprint density at radius 1 is 1.29 bits per heavy atom. The summed E-state index contributed by atoms with van der Waals surface area (Å²) < 4.78 is 0. The van der Waals surface area contributed by atoms with Crippen molar-refractivity contribution in [1.29, 1.82) is 0 Å². The number of hydrogen-bond acceptors (Lipinski definition) is 3. The third kappa shape index (κ3) is 1.54. The highest BCUT2D eigenvalue weighted by Crippen LogP contribution is 2.36. The summed E-state index contributed by atoms with van der Waals surface area (Å²) in [6.45, 7) is 0.